The van der Waals surface area contributed by atoms with Gasteiger partial charge in [-0.1, -0.05) is 0 Å². The number of benzene rings is 2. The van der Waals surface area contributed by atoms with Crippen LogP contribution in [0.2, 0.25) is 0 Å². The maximum absolute atomic E-state index is 13.0. The summed E-state index contributed by atoms with van der Waals surface area (Å²) >= 11 is 0. The van der Waals surface area contributed by atoms with E-state index >= 15 is 0 Å². The summed E-state index contributed by atoms with van der Waals surface area (Å²) in [6.45, 7) is 3.24. The van der Waals surface area contributed by atoms with Crippen molar-refractivity contribution in [2.45, 2.75) is 0 Å². The highest BCUT2D eigenvalue weighted by Gasteiger charge is 2.29. The van der Waals surface area contributed by atoms with Crippen molar-refractivity contribution in [3.8, 4) is 22.8 Å². The lowest BCUT2D eigenvalue weighted by Gasteiger charge is -2.38. The molecule has 1 fully saturated rings. The van der Waals surface area contributed by atoms with Crippen molar-refractivity contribution in [1.29, 1.82) is 0 Å². The number of hydrogen-bond donors (Lipinski definition) is 2. The minimum absolute atomic E-state index is 0.132. The average Bonchev–Trinajstić information content (AvgIpc) is 2.89. The summed E-state index contributed by atoms with van der Waals surface area (Å²) in [5, 5.41) is 15.6. The average molecular weight is 524 g/mol. The Kier molecular flexibility index (Phi) is 9.23. The largest absolute Gasteiger partial charge is 0.478 e. The van der Waals surface area contributed by atoms with Gasteiger partial charge in [-0.3, -0.25) is 4.79 Å². The van der Waals surface area contributed by atoms with Crippen molar-refractivity contribution in [2.24, 2.45) is 0 Å². The molecule has 0 atom stereocenters. The van der Waals surface area contributed by atoms with Gasteiger partial charge >= 0.3 is 11.9 Å². The Morgan fingerprint density at radius 3 is 1.95 bits per heavy atom. The standard InChI is InChI=1S/C23H24FN4O2.C4H4O4/c1-28(2)15-13-27(14-16-28)23(29)22-25-12-11-21(26-22)17-3-7-19(8-4-17)30-20-9-5-18(24)6-10-20;5-3(6)1-2-4(7)8/h3-12H,13-16H2,1-2H3;1-2H,(H,5,6)(H,7,8)/q+1;/b;2-1+. The number of aliphatic carboxylic acids is 2. The van der Waals surface area contributed by atoms with Gasteiger partial charge in [-0.2, -0.15) is 0 Å². The van der Waals surface area contributed by atoms with E-state index in [1.54, 1.807) is 24.4 Å². The highest BCUT2D eigenvalue weighted by atomic mass is 19.1. The number of piperazine rings is 1. The lowest BCUT2D eigenvalue weighted by Crippen LogP contribution is -2.56. The molecule has 198 valence electrons. The number of ether oxygens (including phenoxy) is 1. The van der Waals surface area contributed by atoms with E-state index in [9.17, 15) is 18.8 Å². The predicted molar refractivity (Wildman–Crippen MR) is 136 cm³/mol. The normalized spacial score (nSPS) is 14.3. The minimum Gasteiger partial charge on any atom is -0.478 e. The molecule has 2 heterocycles. The van der Waals surface area contributed by atoms with Crippen LogP contribution in [0.1, 0.15) is 10.6 Å². The molecule has 1 amide bonds. The Morgan fingerprint density at radius 2 is 1.42 bits per heavy atom. The van der Waals surface area contributed by atoms with Crippen LogP contribution in [0.3, 0.4) is 0 Å². The summed E-state index contributed by atoms with van der Waals surface area (Å²) in [6.07, 6.45) is 2.73. The van der Waals surface area contributed by atoms with Crippen molar-refractivity contribution in [3.05, 3.63) is 84.6 Å². The molecule has 1 aromatic heterocycles. The number of aromatic nitrogens is 2. The third kappa shape index (κ3) is 8.49. The van der Waals surface area contributed by atoms with Crippen LogP contribution in [0.4, 0.5) is 4.39 Å². The molecule has 1 saturated heterocycles. The van der Waals surface area contributed by atoms with E-state index in [0.29, 0.717) is 42.4 Å². The van der Waals surface area contributed by atoms with Gasteiger partial charge in [0.15, 0.2) is 0 Å². The van der Waals surface area contributed by atoms with E-state index in [2.05, 4.69) is 24.1 Å². The first-order valence-electron chi connectivity index (χ1n) is 11.6. The third-order valence-corrected chi connectivity index (χ3v) is 5.65. The van der Waals surface area contributed by atoms with E-state index in [1.165, 1.54) is 12.1 Å². The molecule has 1 aliphatic rings. The number of carboxylic acid groups (broad SMARTS) is 2. The van der Waals surface area contributed by atoms with Crippen molar-refractivity contribution < 1.29 is 38.2 Å². The molecule has 0 bridgehead atoms. The number of amides is 1. The lowest BCUT2D eigenvalue weighted by atomic mass is 10.1. The number of quaternary nitrogens is 1. The second kappa shape index (κ2) is 12.5. The van der Waals surface area contributed by atoms with Gasteiger partial charge in [0.1, 0.15) is 17.3 Å². The first kappa shape index (κ1) is 27.9. The van der Waals surface area contributed by atoms with Gasteiger partial charge in [-0.05, 0) is 54.6 Å². The lowest BCUT2D eigenvalue weighted by molar-refractivity contribution is -0.894. The van der Waals surface area contributed by atoms with Crippen molar-refractivity contribution >= 4 is 17.8 Å². The summed E-state index contributed by atoms with van der Waals surface area (Å²) < 4.78 is 19.6. The number of carboxylic acids is 2. The smallest absolute Gasteiger partial charge is 0.328 e. The fraction of sp³-hybridized carbons (Fsp3) is 0.222. The number of halogens is 1. The summed E-state index contributed by atoms with van der Waals surface area (Å²) in [5.41, 5.74) is 1.53. The molecule has 11 heteroatoms. The number of hydrogen-bond acceptors (Lipinski definition) is 6. The Labute approximate surface area is 218 Å². The zero-order chi connectivity index (χ0) is 27.7. The zero-order valence-electron chi connectivity index (χ0n) is 21.0. The maximum atomic E-state index is 13.0. The molecule has 4 rings (SSSR count). The Hall–Kier alpha value is -4.64. The minimum atomic E-state index is -1.26. The summed E-state index contributed by atoms with van der Waals surface area (Å²) in [4.78, 5) is 42.4. The van der Waals surface area contributed by atoms with E-state index in [-0.39, 0.29) is 17.5 Å². The van der Waals surface area contributed by atoms with E-state index in [0.717, 1.165) is 23.1 Å². The molecule has 0 spiro atoms. The quantitative estimate of drug-likeness (QED) is 0.372. The van der Waals surface area contributed by atoms with Crippen molar-refractivity contribution in [2.75, 3.05) is 40.3 Å². The number of rotatable bonds is 6. The molecule has 2 aromatic carbocycles. The molecule has 0 radical (unpaired) electrons. The van der Waals surface area contributed by atoms with Gasteiger partial charge in [0, 0.05) is 23.9 Å². The van der Waals surface area contributed by atoms with E-state index < -0.39 is 11.9 Å². The summed E-state index contributed by atoms with van der Waals surface area (Å²) in [7, 11) is 4.34. The zero-order valence-corrected chi connectivity index (χ0v) is 21.0. The number of likely N-dealkylation sites (N-methyl/N-ethyl adjacent to an activating group) is 1. The molecule has 0 unspecified atom stereocenters. The van der Waals surface area contributed by atoms with Crippen LogP contribution in [-0.2, 0) is 9.59 Å². The molecular formula is C27H28FN4O6+. The predicted octanol–water partition coefficient (Wildman–Crippen LogP) is 3.32. The van der Waals surface area contributed by atoms with Crippen LogP contribution in [0, 0.1) is 5.82 Å². The Balaban J connectivity index is 0.000000436. The number of carbonyl (C=O) groups excluding carboxylic acids is 1. The third-order valence-electron chi connectivity index (χ3n) is 5.65. The maximum Gasteiger partial charge on any atom is 0.328 e. The number of carbonyl (C=O) groups is 3. The van der Waals surface area contributed by atoms with Crippen molar-refractivity contribution in [1.82, 2.24) is 14.9 Å². The Morgan fingerprint density at radius 1 is 0.895 bits per heavy atom. The van der Waals surface area contributed by atoms with Gasteiger partial charge in [0.05, 0.1) is 46.0 Å². The highest BCUT2D eigenvalue weighted by Crippen LogP contribution is 2.25. The fourth-order valence-electron chi connectivity index (χ4n) is 3.45. The van der Waals surface area contributed by atoms with Gasteiger partial charge in [-0.15, -0.1) is 0 Å². The topological polar surface area (TPSA) is 130 Å². The van der Waals surface area contributed by atoms with E-state index in [1.807, 2.05) is 29.2 Å². The monoisotopic (exact) mass is 523 g/mol. The van der Waals surface area contributed by atoms with Crippen molar-refractivity contribution in [3.63, 3.8) is 0 Å². The highest BCUT2D eigenvalue weighted by molar-refractivity contribution is 5.91. The van der Waals surface area contributed by atoms with Gasteiger partial charge < -0.3 is 24.3 Å². The first-order valence-corrected chi connectivity index (χ1v) is 11.6. The molecule has 10 nitrogen and oxygen atoms in total. The first-order chi connectivity index (χ1) is 18.0. The SMILES string of the molecule is C[N+]1(C)CCN(C(=O)c2nccc(-c3ccc(Oc4ccc(F)cc4)cc3)n2)CC1.O=C(O)/C=C/C(=O)O. The number of nitrogens with zero attached hydrogens (tertiary/aromatic N) is 4. The van der Waals surface area contributed by atoms with E-state index in [4.69, 9.17) is 14.9 Å². The molecule has 1 aliphatic heterocycles. The van der Waals surface area contributed by atoms with Crippen LogP contribution in [0.15, 0.2) is 72.9 Å². The molecule has 0 saturated carbocycles. The molecular weight excluding hydrogens is 495 g/mol. The van der Waals surface area contributed by atoms with Gasteiger partial charge in [-0.25, -0.2) is 23.9 Å². The summed E-state index contributed by atoms with van der Waals surface area (Å²) in [6, 6.07) is 15.0. The van der Waals surface area contributed by atoms with Crippen LogP contribution in [-0.4, -0.2) is 87.7 Å². The second-order valence-electron chi connectivity index (χ2n) is 9.03. The van der Waals surface area contributed by atoms with Gasteiger partial charge in [0.25, 0.3) is 5.91 Å². The molecule has 38 heavy (non-hydrogen) atoms. The molecule has 2 N–H and O–H groups in total. The van der Waals surface area contributed by atoms with Crippen LogP contribution < -0.4 is 4.74 Å². The second-order valence-corrected chi connectivity index (χ2v) is 9.03. The molecule has 3 aromatic rings. The fourth-order valence-corrected chi connectivity index (χ4v) is 3.45. The van der Waals surface area contributed by atoms with Crippen LogP contribution in [0.5, 0.6) is 11.5 Å². The van der Waals surface area contributed by atoms with Gasteiger partial charge in [0.2, 0.25) is 5.82 Å². The summed E-state index contributed by atoms with van der Waals surface area (Å²) in [5.74, 6) is -1.55. The Bertz CT molecular complexity index is 1280. The van der Waals surface area contributed by atoms with Crippen LogP contribution >= 0.6 is 0 Å². The molecule has 0 aliphatic carbocycles. The van der Waals surface area contributed by atoms with Crippen LogP contribution in [0.25, 0.3) is 11.3 Å².